The summed E-state index contributed by atoms with van der Waals surface area (Å²) in [5.41, 5.74) is 8.21. The van der Waals surface area contributed by atoms with E-state index in [4.69, 9.17) is 10.5 Å². The van der Waals surface area contributed by atoms with Crippen molar-refractivity contribution in [3.8, 4) is 5.75 Å². The van der Waals surface area contributed by atoms with Gasteiger partial charge in [0, 0.05) is 23.0 Å². The number of carbonyl (C=O) groups is 2. The van der Waals surface area contributed by atoms with Gasteiger partial charge in [-0.25, -0.2) is 0 Å². The summed E-state index contributed by atoms with van der Waals surface area (Å²) >= 11 is 0. The van der Waals surface area contributed by atoms with Crippen molar-refractivity contribution in [3.63, 3.8) is 0 Å². The molecule has 0 bridgehead atoms. The molecule has 4 N–H and O–H groups in total. The first-order chi connectivity index (χ1) is 14.6. The van der Waals surface area contributed by atoms with Gasteiger partial charge in [-0.3, -0.25) is 9.59 Å². The van der Waals surface area contributed by atoms with Crippen LogP contribution in [0.2, 0.25) is 0 Å². The van der Waals surface area contributed by atoms with E-state index in [0.717, 1.165) is 24.3 Å². The minimum Gasteiger partial charge on any atom is -0.494 e. The third-order valence-corrected chi connectivity index (χ3v) is 4.44. The number of anilines is 2. The van der Waals surface area contributed by atoms with Crippen LogP contribution in [0.4, 0.5) is 11.4 Å². The highest BCUT2D eigenvalue weighted by molar-refractivity contribution is 5.97. The number of primary amides is 1. The second kappa shape index (κ2) is 10.7. The molecule has 0 spiro atoms. The number of amides is 2. The Morgan fingerprint density at radius 3 is 2.43 bits per heavy atom. The van der Waals surface area contributed by atoms with E-state index in [0.29, 0.717) is 17.9 Å². The molecule has 0 saturated heterocycles. The highest BCUT2D eigenvalue weighted by Gasteiger charge is 2.06. The molecule has 0 radical (unpaired) electrons. The molecule has 0 saturated carbocycles. The zero-order valence-corrected chi connectivity index (χ0v) is 16.6. The van der Waals surface area contributed by atoms with E-state index in [9.17, 15) is 9.59 Å². The van der Waals surface area contributed by atoms with Crippen molar-refractivity contribution >= 4 is 23.2 Å². The number of carbonyl (C=O) groups excluding carboxylic acids is 2. The van der Waals surface area contributed by atoms with Gasteiger partial charge in [0.05, 0.1) is 13.2 Å². The Morgan fingerprint density at radius 2 is 1.63 bits per heavy atom. The van der Waals surface area contributed by atoms with E-state index in [1.165, 1.54) is 5.56 Å². The first-order valence-corrected chi connectivity index (χ1v) is 9.80. The Kier molecular flexibility index (Phi) is 7.44. The number of nitrogens with two attached hydrogens (primary N) is 1. The topological polar surface area (TPSA) is 93.5 Å². The molecule has 0 heterocycles. The van der Waals surface area contributed by atoms with Crippen LogP contribution in [0.5, 0.6) is 5.75 Å². The van der Waals surface area contributed by atoms with E-state index >= 15 is 0 Å². The average Bonchev–Trinajstić information content (AvgIpc) is 2.76. The maximum atomic E-state index is 12.2. The van der Waals surface area contributed by atoms with Gasteiger partial charge in [-0.05, 0) is 48.7 Å². The smallest absolute Gasteiger partial charge is 0.248 e. The molecule has 154 valence electrons. The van der Waals surface area contributed by atoms with Gasteiger partial charge in [0.2, 0.25) is 11.8 Å². The molecule has 3 rings (SSSR count). The van der Waals surface area contributed by atoms with Crippen LogP contribution in [0.3, 0.4) is 0 Å². The van der Waals surface area contributed by atoms with Crippen LogP contribution in [0, 0.1) is 0 Å². The molecule has 3 aromatic rings. The molecule has 0 fully saturated rings. The Morgan fingerprint density at radius 1 is 0.867 bits per heavy atom. The SMILES string of the molecule is NC(=O)c1cccc(NC(=O)CNc2cccc(OCCCc3ccccc3)c2)c1. The van der Waals surface area contributed by atoms with Crippen LogP contribution in [-0.2, 0) is 11.2 Å². The fourth-order valence-corrected chi connectivity index (χ4v) is 2.94. The molecule has 6 nitrogen and oxygen atoms in total. The molecule has 0 unspecified atom stereocenters. The third-order valence-electron chi connectivity index (χ3n) is 4.44. The van der Waals surface area contributed by atoms with Crippen LogP contribution in [0.25, 0.3) is 0 Å². The van der Waals surface area contributed by atoms with Crippen LogP contribution in [0.15, 0.2) is 78.9 Å². The minimum atomic E-state index is -0.537. The van der Waals surface area contributed by atoms with Crippen molar-refractivity contribution in [2.75, 3.05) is 23.8 Å². The van der Waals surface area contributed by atoms with Gasteiger partial charge in [0.25, 0.3) is 0 Å². The molecule has 0 aliphatic heterocycles. The van der Waals surface area contributed by atoms with Gasteiger partial charge < -0.3 is 21.1 Å². The summed E-state index contributed by atoms with van der Waals surface area (Å²) in [4.78, 5) is 23.4. The first kappa shape index (κ1) is 20.9. The van der Waals surface area contributed by atoms with E-state index in [2.05, 4.69) is 22.8 Å². The summed E-state index contributed by atoms with van der Waals surface area (Å²) in [5.74, 6) is -0.0155. The summed E-state index contributed by atoms with van der Waals surface area (Å²) in [5, 5.41) is 5.81. The first-order valence-electron chi connectivity index (χ1n) is 9.80. The number of ether oxygens (including phenoxy) is 1. The second-order valence-electron chi connectivity index (χ2n) is 6.81. The zero-order chi connectivity index (χ0) is 21.2. The Hall–Kier alpha value is -3.80. The molecule has 0 aromatic heterocycles. The molecular formula is C24H25N3O3. The monoisotopic (exact) mass is 403 g/mol. The number of nitrogens with one attached hydrogen (secondary N) is 2. The second-order valence-corrected chi connectivity index (χ2v) is 6.81. The fraction of sp³-hybridized carbons (Fsp3) is 0.167. The number of hydrogen-bond acceptors (Lipinski definition) is 4. The summed E-state index contributed by atoms with van der Waals surface area (Å²) in [7, 11) is 0. The third kappa shape index (κ3) is 6.67. The van der Waals surface area contributed by atoms with Gasteiger partial charge in [-0.2, -0.15) is 0 Å². The molecular weight excluding hydrogens is 378 g/mol. The van der Waals surface area contributed by atoms with Crippen LogP contribution >= 0.6 is 0 Å². The summed E-state index contributed by atoms with van der Waals surface area (Å²) in [6.45, 7) is 0.702. The Labute approximate surface area is 176 Å². The normalized spacial score (nSPS) is 10.3. The summed E-state index contributed by atoms with van der Waals surface area (Å²) < 4.78 is 5.82. The van der Waals surface area contributed by atoms with Gasteiger partial charge in [0.1, 0.15) is 5.75 Å². The molecule has 0 atom stereocenters. The van der Waals surface area contributed by atoms with Crippen LogP contribution < -0.4 is 21.1 Å². The lowest BCUT2D eigenvalue weighted by Crippen LogP contribution is -2.22. The molecule has 0 aliphatic rings. The van der Waals surface area contributed by atoms with Crippen molar-refractivity contribution in [1.29, 1.82) is 0 Å². The molecule has 30 heavy (non-hydrogen) atoms. The molecule has 3 aromatic carbocycles. The number of aryl methyl sites for hydroxylation is 1. The van der Waals surface area contributed by atoms with E-state index < -0.39 is 5.91 Å². The van der Waals surface area contributed by atoms with Crippen LogP contribution in [-0.4, -0.2) is 25.0 Å². The van der Waals surface area contributed by atoms with Crippen molar-refractivity contribution in [2.24, 2.45) is 5.73 Å². The van der Waals surface area contributed by atoms with Gasteiger partial charge >= 0.3 is 0 Å². The predicted molar refractivity (Wildman–Crippen MR) is 119 cm³/mol. The van der Waals surface area contributed by atoms with Gasteiger partial charge in [-0.15, -0.1) is 0 Å². The lowest BCUT2D eigenvalue weighted by atomic mass is 10.1. The average molecular weight is 403 g/mol. The predicted octanol–water partition coefficient (Wildman–Crippen LogP) is 3.85. The van der Waals surface area contributed by atoms with Crippen molar-refractivity contribution < 1.29 is 14.3 Å². The van der Waals surface area contributed by atoms with Crippen LogP contribution in [0.1, 0.15) is 22.3 Å². The quantitative estimate of drug-likeness (QED) is 0.448. The number of benzene rings is 3. The zero-order valence-electron chi connectivity index (χ0n) is 16.6. The Balaban J connectivity index is 1.43. The van der Waals surface area contributed by atoms with Gasteiger partial charge in [-0.1, -0.05) is 42.5 Å². The lowest BCUT2D eigenvalue weighted by molar-refractivity contribution is -0.114. The standard InChI is InChI=1S/C24H25N3O3/c25-24(29)19-10-4-12-21(15-19)27-23(28)17-26-20-11-5-13-22(16-20)30-14-6-9-18-7-2-1-3-8-18/h1-5,7-8,10-13,15-16,26H,6,9,14,17H2,(H2,25,29)(H,27,28). The van der Waals surface area contributed by atoms with Crippen molar-refractivity contribution in [2.45, 2.75) is 12.8 Å². The largest absolute Gasteiger partial charge is 0.494 e. The van der Waals surface area contributed by atoms with Crippen molar-refractivity contribution in [1.82, 2.24) is 0 Å². The molecule has 2 amide bonds. The Bertz CT molecular complexity index is 990. The van der Waals surface area contributed by atoms with E-state index in [-0.39, 0.29) is 12.5 Å². The number of rotatable bonds is 10. The maximum absolute atomic E-state index is 12.2. The van der Waals surface area contributed by atoms with Gasteiger partial charge in [0.15, 0.2) is 0 Å². The lowest BCUT2D eigenvalue weighted by Gasteiger charge is -2.11. The van der Waals surface area contributed by atoms with E-state index in [1.54, 1.807) is 24.3 Å². The molecule has 6 heteroatoms. The fourth-order valence-electron chi connectivity index (χ4n) is 2.94. The minimum absolute atomic E-state index is 0.0816. The molecule has 0 aliphatic carbocycles. The highest BCUT2D eigenvalue weighted by atomic mass is 16.5. The number of hydrogen-bond donors (Lipinski definition) is 3. The maximum Gasteiger partial charge on any atom is 0.248 e. The van der Waals surface area contributed by atoms with Crippen molar-refractivity contribution in [3.05, 3.63) is 90.0 Å². The summed E-state index contributed by atoms with van der Waals surface area (Å²) in [6, 6.07) is 24.3. The summed E-state index contributed by atoms with van der Waals surface area (Å²) in [6.07, 6.45) is 1.89. The van der Waals surface area contributed by atoms with E-state index in [1.807, 2.05) is 42.5 Å². The highest BCUT2D eigenvalue weighted by Crippen LogP contribution is 2.18.